The number of nitrogen functional groups attached to an aromatic ring is 1. The van der Waals surface area contributed by atoms with E-state index in [1.54, 1.807) is 28.9 Å². The Bertz CT molecular complexity index is 1870. The van der Waals surface area contributed by atoms with Crippen molar-refractivity contribution < 1.29 is 55.4 Å². The monoisotopic (exact) mass is 754 g/mol. The summed E-state index contributed by atoms with van der Waals surface area (Å²) in [5, 5.41) is 20.9. The number of thiazole rings is 1. The summed E-state index contributed by atoms with van der Waals surface area (Å²) >= 11 is 0.948. The molecule has 8 N–H and O–H groups in total. The average molecular weight is 755 g/mol. The van der Waals surface area contributed by atoms with Gasteiger partial charge in [0.2, 0.25) is 12.7 Å². The minimum absolute atomic E-state index is 0.0454. The topological polar surface area (TPSA) is 267 Å². The second kappa shape index (κ2) is 15.2. The molecule has 2 fully saturated rings. The summed E-state index contributed by atoms with van der Waals surface area (Å²) in [7, 11) is -5.03. The summed E-state index contributed by atoms with van der Waals surface area (Å²) in [4.78, 5) is 47.0. The van der Waals surface area contributed by atoms with E-state index in [0.717, 1.165) is 35.6 Å². The number of nitrogens with two attached hydrogens (primary N) is 2. The maximum Gasteiger partial charge on any atom is 0.418 e. The highest BCUT2D eigenvalue weighted by Crippen LogP contribution is 2.33. The summed E-state index contributed by atoms with van der Waals surface area (Å²) in [5.74, 6) is -2.79. The maximum absolute atomic E-state index is 14.2. The van der Waals surface area contributed by atoms with Gasteiger partial charge in [-0.25, -0.2) is 14.2 Å². The zero-order valence-electron chi connectivity index (χ0n) is 27.3. The number of hydrogen-bond donors (Lipinski definition) is 6. The van der Waals surface area contributed by atoms with Crippen LogP contribution >= 0.6 is 11.3 Å². The minimum Gasteiger partial charge on any atom is -0.489 e. The van der Waals surface area contributed by atoms with E-state index in [4.69, 9.17) is 25.6 Å². The van der Waals surface area contributed by atoms with E-state index in [2.05, 4.69) is 25.1 Å². The van der Waals surface area contributed by atoms with Gasteiger partial charge in [0.25, 0.3) is 17.9 Å². The van der Waals surface area contributed by atoms with Crippen molar-refractivity contribution in [1.82, 2.24) is 25.4 Å². The highest BCUT2D eigenvalue weighted by molar-refractivity contribution is 7.80. The van der Waals surface area contributed by atoms with Crippen molar-refractivity contribution in [3.8, 4) is 16.9 Å². The fourth-order valence-corrected chi connectivity index (χ4v) is 6.19. The summed E-state index contributed by atoms with van der Waals surface area (Å²) in [6, 6.07) is 5.42. The number of carbonyl (C=O) groups is 3. The Morgan fingerprint density at radius 3 is 2.53 bits per heavy atom. The number of hydrogen-bond acceptors (Lipinski definition) is 14. The molecule has 0 spiro atoms. The Hall–Kier alpha value is -4.74. The molecule has 0 aliphatic carbocycles. The molecular weight excluding hydrogens is 718 g/mol. The van der Waals surface area contributed by atoms with E-state index < -0.39 is 64.4 Å². The van der Waals surface area contributed by atoms with Gasteiger partial charge < -0.3 is 36.8 Å². The predicted octanol–water partition coefficient (Wildman–Crippen LogP) is -0.910. The molecule has 51 heavy (non-hydrogen) atoms. The van der Waals surface area contributed by atoms with Crippen molar-refractivity contribution in [1.29, 1.82) is 0 Å². The van der Waals surface area contributed by atoms with Gasteiger partial charge in [0.1, 0.15) is 24.1 Å². The molecule has 1 unspecified atom stereocenters. The van der Waals surface area contributed by atoms with Gasteiger partial charge in [0.15, 0.2) is 17.0 Å². The molecule has 22 heteroatoms. The lowest BCUT2D eigenvalue weighted by molar-refractivity contribution is -0.779. The first-order chi connectivity index (χ1) is 24.0. The number of halogens is 1. The molecule has 2 aliphatic heterocycles. The third-order valence-corrected chi connectivity index (χ3v) is 9.11. The first-order valence-electron chi connectivity index (χ1n) is 15.4. The zero-order valence-corrected chi connectivity index (χ0v) is 29.0. The van der Waals surface area contributed by atoms with E-state index in [-0.39, 0.29) is 23.9 Å². The van der Waals surface area contributed by atoms with Crippen molar-refractivity contribution in [2.45, 2.75) is 50.8 Å². The van der Waals surface area contributed by atoms with Crippen molar-refractivity contribution in [2.75, 3.05) is 32.0 Å². The smallest absolute Gasteiger partial charge is 0.418 e. The van der Waals surface area contributed by atoms with Crippen LogP contribution in [0.25, 0.3) is 11.1 Å². The number of hydroxylamine groups is 2. The fourth-order valence-electron chi connectivity index (χ4n) is 5.19. The first-order valence-corrected chi connectivity index (χ1v) is 17.7. The normalized spacial score (nSPS) is 18.8. The Labute approximate surface area is 294 Å². The van der Waals surface area contributed by atoms with Crippen LogP contribution in [0.1, 0.15) is 19.5 Å². The number of anilines is 1. The van der Waals surface area contributed by atoms with Crippen molar-refractivity contribution in [3.63, 3.8) is 0 Å². The minimum atomic E-state index is -5.03. The van der Waals surface area contributed by atoms with Gasteiger partial charge in [0, 0.05) is 30.9 Å². The van der Waals surface area contributed by atoms with E-state index in [0.29, 0.717) is 23.3 Å². The molecule has 2 aromatic heterocycles. The number of aliphatic carboxylic acids is 1. The highest BCUT2D eigenvalue weighted by atomic mass is 32.3. The molecule has 1 aromatic carbocycles. The van der Waals surface area contributed by atoms with Gasteiger partial charge in [-0.15, -0.1) is 20.3 Å². The predicted molar refractivity (Wildman–Crippen MR) is 177 cm³/mol. The number of alkyl halides is 1. The Morgan fingerprint density at radius 2 is 1.98 bits per heavy atom. The molecule has 0 radical (unpaired) electrons. The van der Waals surface area contributed by atoms with Gasteiger partial charge >= 0.3 is 16.4 Å². The van der Waals surface area contributed by atoms with Gasteiger partial charge in [0.05, 0.1) is 23.8 Å². The highest BCUT2D eigenvalue weighted by Gasteiger charge is 2.58. The van der Waals surface area contributed by atoms with E-state index in [1.165, 1.54) is 19.2 Å². The molecular formula is C29H37FN9O10S2+. The van der Waals surface area contributed by atoms with Gasteiger partial charge in [-0.05, 0) is 31.5 Å². The standard InChI is InChI=1S/C29H36FN9O10S2/c1-29(2)24(26(41)39(29)49-51(44,45)46)35-25(40)23(21-15-50-28(32)34-21)36-48-22(27(42)43)14-47-20-5-3-17(4-6-20)18-11-37(10-16-8-33-9-16)38(12-18)13-19(30)7-31/h3-6,11-12,15-16,19,22,24,33H,7-10,13-14,31H2,1-2H3,(H4-,32,34,35,40,42,43,44,45,46)/p+1/b36-23-/t19?,22-,24+/m0/s1. The lowest BCUT2D eigenvalue weighted by Gasteiger charge is -2.50. The van der Waals surface area contributed by atoms with Crippen LogP contribution in [-0.2, 0) is 47.0 Å². The number of amides is 2. The maximum atomic E-state index is 14.2. The summed E-state index contributed by atoms with van der Waals surface area (Å²) in [6.45, 7) is 4.66. The SMILES string of the molecule is CC1(C)[C@H](NC(=O)/C(=N\O[C@@H](COc2ccc(-c3cn(CC4CNC4)[n+](CC(F)CN)c3)cc2)C(=O)O)c2csc(N)n2)C(=O)N1OS(=O)(=O)O. The summed E-state index contributed by atoms with van der Waals surface area (Å²) < 4.78 is 59.1. The van der Waals surface area contributed by atoms with Gasteiger partial charge in [-0.1, -0.05) is 17.3 Å². The molecule has 19 nitrogen and oxygen atoms in total. The number of β-lactam (4-membered cyclic amide) rings is 1. The first kappa shape index (κ1) is 37.5. The van der Waals surface area contributed by atoms with Crippen LogP contribution < -0.4 is 31.5 Å². The van der Waals surface area contributed by atoms with E-state index >= 15 is 0 Å². The zero-order chi connectivity index (χ0) is 37.1. The second-order valence-electron chi connectivity index (χ2n) is 12.3. The number of carbonyl (C=O) groups excluding carboxylic acids is 2. The molecule has 5 rings (SSSR count). The number of ether oxygens (including phenoxy) is 1. The molecule has 2 amide bonds. The molecule has 0 bridgehead atoms. The number of carboxylic acids is 1. The quantitative estimate of drug-likeness (QED) is 0.0321. The van der Waals surface area contributed by atoms with Gasteiger partial charge in [-0.2, -0.15) is 18.2 Å². The van der Waals surface area contributed by atoms with Crippen molar-refractivity contribution in [2.24, 2.45) is 16.8 Å². The Balaban J connectivity index is 1.26. The lowest BCUT2D eigenvalue weighted by Crippen LogP contribution is -2.76. The number of nitrogens with zero attached hydrogens (tertiary/aromatic N) is 5. The van der Waals surface area contributed by atoms with Crippen molar-refractivity contribution >= 4 is 50.4 Å². The van der Waals surface area contributed by atoms with Crippen LogP contribution in [0.15, 0.2) is 47.2 Å². The molecule has 3 atom stereocenters. The van der Waals surface area contributed by atoms with Crippen LogP contribution in [0.2, 0.25) is 0 Å². The van der Waals surface area contributed by atoms with E-state index in [1.807, 2.05) is 17.1 Å². The third kappa shape index (κ3) is 8.95. The summed E-state index contributed by atoms with van der Waals surface area (Å²) in [6.07, 6.45) is 0.852. The molecule has 2 aliphatic rings. The van der Waals surface area contributed by atoms with E-state index in [9.17, 15) is 32.3 Å². The number of rotatable bonds is 17. The van der Waals surface area contributed by atoms with Gasteiger partial charge in [-0.3, -0.25) is 14.1 Å². The molecule has 3 aromatic rings. The molecule has 0 saturated carbocycles. The number of aromatic nitrogens is 3. The average Bonchev–Trinajstić information content (AvgIpc) is 3.66. The number of nitrogens with one attached hydrogen (secondary N) is 2. The van der Waals surface area contributed by atoms with Crippen molar-refractivity contribution in [3.05, 3.63) is 47.7 Å². The summed E-state index contributed by atoms with van der Waals surface area (Å²) in [5.41, 5.74) is 10.8. The second-order valence-corrected chi connectivity index (χ2v) is 14.2. The number of carboxylic acid groups (broad SMARTS) is 1. The van der Waals surface area contributed by atoms with Crippen LogP contribution in [0.4, 0.5) is 9.52 Å². The van der Waals surface area contributed by atoms with Crippen LogP contribution in [-0.4, -0.2) is 106 Å². The number of oxime groups is 1. The third-order valence-electron chi connectivity index (χ3n) is 8.09. The fraction of sp³-hybridized carbons (Fsp3) is 0.448. The van der Waals surface area contributed by atoms with Crippen LogP contribution in [0.3, 0.4) is 0 Å². The number of benzene rings is 1. The Kier molecular flexibility index (Phi) is 11.2. The van der Waals surface area contributed by atoms with Crippen LogP contribution in [0, 0.1) is 5.92 Å². The largest absolute Gasteiger partial charge is 0.489 e. The molecule has 276 valence electrons. The molecule has 4 heterocycles. The lowest BCUT2D eigenvalue weighted by atomic mass is 9.84. The Morgan fingerprint density at radius 1 is 1.27 bits per heavy atom. The van der Waals surface area contributed by atoms with Crippen LogP contribution in [0.5, 0.6) is 5.75 Å². The molecule has 2 saturated heterocycles.